The minimum Gasteiger partial charge on any atom is -0.427 e. The SMILES string of the molecule is C=Cc1ccc(OC(=O)CCCCCC[SH](=O)=O)cc1. The molecule has 0 aliphatic rings. The van der Waals surface area contributed by atoms with E-state index in [-0.39, 0.29) is 11.7 Å². The monoisotopic (exact) mass is 296 g/mol. The number of ether oxygens (including phenoxy) is 1. The molecule has 4 nitrogen and oxygen atoms in total. The van der Waals surface area contributed by atoms with Crippen LogP contribution in [0.1, 0.15) is 37.7 Å². The molecule has 0 saturated carbocycles. The van der Waals surface area contributed by atoms with Crippen LogP contribution in [-0.2, 0) is 15.5 Å². The largest absolute Gasteiger partial charge is 0.427 e. The third-order valence-corrected chi connectivity index (χ3v) is 3.50. The first-order chi connectivity index (χ1) is 9.61. The average Bonchev–Trinajstić information content (AvgIpc) is 2.43. The van der Waals surface area contributed by atoms with Gasteiger partial charge < -0.3 is 4.74 Å². The average molecular weight is 296 g/mol. The van der Waals surface area contributed by atoms with E-state index in [9.17, 15) is 13.2 Å². The maximum absolute atomic E-state index is 11.6. The lowest BCUT2D eigenvalue weighted by Gasteiger charge is -2.04. The molecule has 0 atom stereocenters. The molecular formula is C15H20O4S. The van der Waals surface area contributed by atoms with Gasteiger partial charge in [-0.25, -0.2) is 8.42 Å². The first-order valence-corrected chi connectivity index (χ1v) is 8.03. The zero-order valence-corrected chi connectivity index (χ0v) is 12.3. The Morgan fingerprint density at radius 1 is 1.10 bits per heavy atom. The van der Waals surface area contributed by atoms with Crippen LogP contribution in [0.4, 0.5) is 0 Å². The summed E-state index contributed by atoms with van der Waals surface area (Å²) in [4.78, 5) is 11.6. The molecule has 0 spiro atoms. The molecule has 0 saturated heterocycles. The molecule has 0 amide bonds. The third-order valence-electron chi connectivity index (χ3n) is 2.82. The standard InChI is InChI=1S/C15H20O4S/c1-2-13-8-10-14(11-9-13)19-15(16)7-5-3-4-6-12-20(17)18/h2,8-11,20H,1,3-7,12H2. The van der Waals surface area contributed by atoms with Crippen LogP contribution < -0.4 is 4.74 Å². The van der Waals surface area contributed by atoms with Crippen LogP contribution in [0.2, 0.25) is 0 Å². The Balaban J connectivity index is 2.17. The molecule has 1 rings (SSSR count). The van der Waals surface area contributed by atoms with Crippen molar-refractivity contribution in [3.8, 4) is 5.75 Å². The van der Waals surface area contributed by atoms with Crippen LogP contribution in [0.15, 0.2) is 30.8 Å². The highest BCUT2D eigenvalue weighted by molar-refractivity contribution is 7.72. The van der Waals surface area contributed by atoms with E-state index >= 15 is 0 Å². The van der Waals surface area contributed by atoms with E-state index in [1.54, 1.807) is 18.2 Å². The van der Waals surface area contributed by atoms with Gasteiger partial charge in [0.05, 0.1) is 0 Å². The molecule has 5 heteroatoms. The number of unbranched alkanes of at least 4 members (excludes halogenated alkanes) is 3. The van der Waals surface area contributed by atoms with Crippen molar-refractivity contribution in [1.82, 2.24) is 0 Å². The summed E-state index contributed by atoms with van der Waals surface area (Å²) in [7, 11) is -2.27. The Hall–Kier alpha value is -1.62. The van der Waals surface area contributed by atoms with Crippen molar-refractivity contribution in [2.75, 3.05) is 5.75 Å². The van der Waals surface area contributed by atoms with Crippen LogP contribution in [0.25, 0.3) is 6.08 Å². The van der Waals surface area contributed by atoms with Crippen LogP contribution in [0, 0.1) is 0 Å². The molecule has 0 aliphatic carbocycles. The van der Waals surface area contributed by atoms with E-state index in [1.165, 1.54) is 0 Å². The van der Waals surface area contributed by atoms with Gasteiger partial charge in [0.1, 0.15) is 16.5 Å². The van der Waals surface area contributed by atoms with Gasteiger partial charge in [-0.1, -0.05) is 37.6 Å². The first-order valence-electron chi connectivity index (χ1n) is 6.67. The van der Waals surface area contributed by atoms with Gasteiger partial charge in [0.25, 0.3) is 0 Å². The van der Waals surface area contributed by atoms with Crippen LogP contribution in [0.3, 0.4) is 0 Å². The van der Waals surface area contributed by atoms with E-state index in [2.05, 4.69) is 6.58 Å². The van der Waals surface area contributed by atoms with Crippen molar-refractivity contribution in [3.63, 3.8) is 0 Å². The van der Waals surface area contributed by atoms with Crippen molar-refractivity contribution in [2.45, 2.75) is 32.1 Å². The van der Waals surface area contributed by atoms with Crippen LogP contribution in [0.5, 0.6) is 5.75 Å². The summed E-state index contributed by atoms with van der Waals surface area (Å²) in [5, 5.41) is 0. The van der Waals surface area contributed by atoms with Gasteiger partial charge in [-0.3, -0.25) is 4.79 Å². The number of thiol groups is 1. The molecule has 0 aromatic heterocycles. The van der Waals surface area contributed by atoms with Gasteiger partial charge in [0, 0.05) is 12.2 Å². The van der Waals surface area contributed by atoms with Crippen molar-refractivity contribution in [1.29, 1.82) is 0 Å². The van der Waals surface area contributed by atoms with Gasteiger partial charge >= 0.3 is 5.97 Å². The van der Waals surface area contributed by atoms with Gasteiger partial charge in [0.2, 0.25) is 0 Å². The van der Waals surface area contributed by atoms with E-state index in [4.69, 9.17) is 4.74 Å². The summed E-state index contributed by atoms with van der Waals surface area (Å²) in [6.45, 7) is 3.65. The highest BCUT2D eigenvalue weighted by atomic mass is 32.2. The van der Waals surface area contributed by atoms with Gasteiger partial charge in [0.15, 0.2) is 0 Å². The number of carbonyl (C=O) groups excluding carboxylic acids is 1. The topological polar surface area (TPSA) is 60.4 Å². The fourth-order valence-corrected chi connectivity index (χ4v) is 2.20. The zero-order valence-electron chi connectivity index (χ0n) is 11.4. The molecule has 0 fully saturated rings. The van der Waals surface area contributed by atoms with Crippen molar-refractivity contribution in [3.05, 3.63) is 36.4 Å². The zero-order chi connectivity index (χ0) is 14.8. The molecule has 20 heavy (non-hydrogen) atoms. The summed E-state index contributed by atoms with van der Waals surface area (Å²) in [6, 6.07) is 7.14. The Bertz CT molecular complexity index is 495. The summed E-state index contributed by atoms with van der Waals surface area (Å²) in [5.74, 6) is 0.505. The molecule has 110 valence electrons. The van der Waals surface area contributed by atoms with Gasteiger partial charge in [-0.15, -0.1) is 0 Å². The fourth-order valence-electron chi connectivity index (χ4n) is 1.72. The second kappa shape index (κ2) is 9.31. The molecule has 1 aromatic carbocycles. The maximum atomic E-state index is 11.6. The quantitative estimate of drug-likeness (QED) is 0.329. The Kier molecular flexibility index (Phi) is 7.65. The van der Waals surface area contributed by atoms with Crippen molar-refractivity contribution >= 4 is 22.7 Å². The lowest BCUT2D eigenvalue weighted by molar-refractivity contribution is -0.134. The van der Waals surface area contributed by atoms with Gasteiger partial charge in [-0.2, -0.15) is 0 Å². The normalized spacial score (nSPS) is 10.4. The number of rotatable bonds is 9. The lowest BCUT2D eigenvalue weighted by Crippen LogP contribution is -2.07. The molecule has 0 N–H and O–H groups in total. The number of hydrogen-bond acceptors (Lipinski definition) is 4. The van der Waals surface area contributed by atoms with E-state index in [0.717, 1.165) is 24.8 Å². The summed E-state index contributed by atoms with van der Waals surface area (Å²) in [6.07, 6.45) is 5.13. The molecule has 0 bridgehead atoms. The second-order valence-corrected chi connectivity index (χ2v) is 5.58. The minimum atomic E-state index is -2.27. The van der Waals surface area contributed by atoms with Gasteiger partial charge in [-0.05, 0) is 30.5 Å². The third kappa shape index (κ3) is 7.09. The second-order valence-electron chi connectivity index (χ2n) is 4.47. The van der Waals surface area contributed by atoms with E-state index in [0.29, 0.717) is 18.6 Å². The highest BCUT2D eigenvalue weighted by Gasteiger charge is 2.04. The van der Waals surface area contributed by atoms with E-state index < -0.39 is 10.7 Å². The Labute approximate surface area is 121 Å². The van der Waals surface area contributed by atoms with Crippen LogP contribution in [-0.4, -0.2) is 20.1 Å². The molecule has 0 heterocycles. The first kappa shape index (κ1) is 16.4. The predicted molar refractivity (Wildman–Crippen MR) is 80.4 cm³/mol. The summed E-state index contributed by atoms with van der Waals surface area (Å²) in [5.41, 5.74) is 0.974. The fraction of sp³-hybridized carbons (Fsp3) is 0.400. The van der Waals surface area contributed by atoms with Crippen molar-refractivity contribution < 1.29 is 17.9 Å². The van der Waals surface area contributed by atoms with E-state index in [1.807, 2.05) is 12.1 Å². The molecule has 0 aliphatic heterocycles. The van der Waals surface area contributed by atoms with Crippen LogP contribution >= 0.6 is 0 Å². The molecule has 0 unspecified atom stereocenters. The summed E-state index contributed by atoms with van der Waals surface area (Å²) < 4.78 is 25.9. The Morgan fingerprint density at radius 3 is 2.35 bits per heavy atom. The number of carbonyl (C=O) groups is 1. The Morgan fingerprint density at radius 2 is 1.75 bits per heavy atom. The smallest absolute Gasteiger partial charge is 0.311 e. The molecule has 0 radical (unpaired) electrons. The molecular weight excluding hydrogens is 276 g/mol. The highest BCUT2D eigenvalue weighted by Crippen LogP contribution is 2.14. The van der Waals surface area contributed by atoms with Crippen molar-refractivity contribution in [2.24, 2.45) is 0 Å². The number of benzene rings is 1. The summed E-state index contributed by atoms with van der Waals surface area (Å²) >= 11 is 0. The predicted octanol–water partition coefficient (Wildman–Crippen LogP) is 2.80. The number of esters is 1. The lowest BCUT2D eigenvalue weighted by atomic mass is 10.1. The number of hydrogen-bond donors (Lipinski definition) is 1. The molecule has 1 aromatic rings. The maximum Gasteiger partial charge on any atom is 0.311 e. The minimum absolute atomic E-state index is 0.232.